The van der Waals surface area contributed by atoms with Crippen LogP contribution in [-0.4, -0.2) is 56.5 Å². The van der Waals surface area contributed by atoms with Crippen molar-refractivity contribution < 1.29 is 4.79 Å². The molecule has 148 valence electrons. The van der Waals surface area contributed by atoms with Gasteiger partial charge in [0.25, 0.3) is 0 Å². The van der Waals surface area contributed by atoms with Crippen molar-refractivity contribution in [2.24, 2.45) is 11.8 Å². The van der Waals surface area contributed by atoms with Crippen molar-refractivity contribution >= 4 is 11.6 Å². The van der Waals surface area contributed by atoms with E-state index in [4.69, 9.17) is 0 Å². The molecule has 2 aliphatic heterocycles. The topological polar surface area (TPSA) is 26.8 Å². The van der Waals surface area contributed by atoms with Crippen LogP contribution in [0.3, 0.4) is 0 Å². The first-order valence-corrected chi connectivity index (χ1v) is 10.3. The number of anilines is 1. The summed E-state index contributed by atoms with van der Waals surface area (Å²) in [6, 6.07) is 19.7. The fourth-order valence-electron chi connectivity index (χ4n) is 4.98. The van der Waals surface area contributed by atoms with Gasteiger partial charge in [0.05, 0.1) is 0 Å². The summed E-state index contributed by atoms with van der Waals surface area (Å²) < 4.78 is 0. The first kappa shape index (κ1) is 19.0. The fourth-order valence-corrected chi connectivity index (χ4v) is 4.98. The van der Waals surface area contributed by atoms with E-state index in [1.807, 2.05) is 14.1 Å². The van der Waals surface area contributed by atoms with Crippen LogP contribution >= 0.6 is 0 Å². The van der Waals surface area contributed by atoms with Crippen molar-refractivity contribution in [1.82, 2.24) is 9.80 Å². The molecule has 0 spiro atoms. The fraction of sp³-hybridized carbons (Fsp3) is 0.458. The van der Waals surface area contributed by atoms with Crippen LogP contribution in [0.25, 0.3) is 0 Å². The van der Waals surface area contributed by atoms with Gasteiger partial charge in [0.2, 0.25) is 5.91 Å². The van der Waals surface area contributed by atoms with Crippen LogP contribution in [-0.2, 0) is 11.2 Å². The average molecular weight is 378 g/mol. The number of rotatable bonds is 5. The lowest BCUT2D eigenvalue weighted by atomic mass is 9.90. The van der Waals surface area contributed by atoms with E-state index in [9.17, 15) is 4.79 Å². The zero-order valence-electron chi connectivity index (χ0n) is 17.2. The lowest BCUT2D eigenvalue weighted by Gasteiger charge is -2.27. The molecule has 4 rings (SSSR count). The van der Waals surface area contributed by atoms with E-state index in [0.717, 1.165) is 26.1 Å². The molecule has 1 amide bonds. The van der Waals surface area contributed by atoms with Gasteiger partial charge in [-0.3, -0.25) is 9.69 Å². The second kappa shape index (κ2) is 7.96. The molecule has 0 N–H and O–H groups in total. The van der Waals surface area contributed by atoms with E-state index in [1.54, 1.807) is 0 Å². The van der Waals surface area contributed by atoms with Crippen LogP contribution in [0.1, 0.15) is 23.6 Å². The summed E-state index contributed by atoms with van der Waals surface area (Å²) in [6.07, 6.45) is 1.42. The van der Waals surface area contributed by atoms with Gasteiger partial charge in [0.1, 0.15) is 0 Å². The molecule has 2 saturated heterocycles. The lowest BCUT2D eigenvalue weighted by Crippen LogP contribution is -2.33. The Morgan fingerprint density at radius 3 is 2.39 bits per heavy atom. The van der Waals surface area contributed by atoms with Gasteiger partial charge in [0.15, 0.2) is 0 Å². The summed E-state index contributed by atoms with van der Waals surface area (Å²) in [4.78, 5) is 19.5. The molecule has 28 heavy (non-hydrogen) atoms. The molecule has 4 nitrogen and oxygen atoms in total. The monoisotopic (exact) mass is 377 g/mol. The number of aryl methyl sites for hydroxylation is 1. The molecule has 0 aliphatic carbocycles. The summed E-state index contributed by atoms with van der Waals surface area (Å²) in [5.41, 5.74) is 3.81. The van der Waals surface area contributed by atoms with E-state index >= 15 is 0 Å². The Bertz CT molecular complexity index is 802. The second-order valence-corrected chi connectivity index (χ2v) is 8.58. The Morgan fingerprint density at radius 2 is 1.71 bits per heavy atom. The van der Waals surface area contributed by atoms with Gasteiger partial charge < -0.3 is 9.80 Å². The molecule has 0 aromatic heterocycles. The molecule has 0 saturated carbocycles. The van der Waals surface area contributed by atoms with E-state index < -0.39 is 0 Å². The smallest absolute Gasteiger partial charge is 0.222 e. The minimum atomic E-state index is 0.306. The maximum Gasteiger partial charge on any atom is 0.222 e. The van der Waals surface area contributed by atoms with E-state index in [-0.39, 0.29) is 0 Å². The van der Waals surface area contributed by atoms with Crippen LogP contribution in [0, 0.1) is 11.8 Å². The zero-order valence-corrected chi connectivity index (χ0v) is 17.2. The standard InChI is InChI=1S/C24H31N3O/c1-25(2)21-12-9-18(10-13-21)11-14-23(28)27-16-20-15-26(3)24(22(20)17-27)19-7-5-4-6-8-19/h4-10,12-13,20,22,24H,11,14-17H2,1-3H3/t20-,22+,24-/m0/s1. The highest BCUT2D eigenvalue weighted by Gasteiger charge is 2.46. The number of amides is 1. The number of likely N-dealkylation sites (tertiary alicyclic amines) is 2. The van der Waals surface area contributed by atoms with Crippen LogP contribution < -0.4 is 4.90 Å². The number of carbonyl (C=O) groups excluding carboxylic acids is 1. The zero-order chi connectivity index (χ0) is 19.7. The third kappa shape index (κ3) is 3.79. The normalized spacial score (nSPS) is 24.4. The maximum atomic E-state index is 12.9. The molecule has 0 unspecified atom stereocenters. The number of nitrogens with zero attached hydrogens (tertiary/aromatic N) is 3. The van der Waals surface area contributed by atoms with E-state index in [2.05, 4.69) is 76.3 Å². The predicted octanol–water partition coefficient (Wildman–Crippen LogP) is 3.45. The van der Waals surface area contributed by atoms with Gasteiger partial charge in [0, 0.05) is 57.8 Å². The number of hydrogen-bond acceptors (Lipinski definition) is 3. The minimum Gasteiger partial charge on any atom is -0.378 e. The third-order valence-electron chi connectivity index (χ3n) is 6.47. The minimum absolute atomic E-state index is 0.306. The molecule has 2 fully saturated rings. The van der Waals surface area contributed by atoms with Crippen LogP contribution in [0.15, 0.2) is 54.6 Å². The van der Waals surface area contributed by atoms with Crippen LogP contribution in [0.4, 0.5) is 5.69 Å². The van der Waals surface area contributed by atoms with Crippen LogP contribution in [0.5, 0.6) is 0 Å². The largest absolute Gasteiger partial charge is 0.378 e. The van der Waals surface area contributed by atoms with Crippen molar-refractivity contribution in [3.05, 3.63) is 65.7 Å². The van der Waals surface area contributed by atoms with Gasteiger partial charge in [-0.25, -0.2) is 0 Å². The molecule has 0 radical (unpaired) electrons. The van der Waals surface area contributed by atoms with Crippen molar-refractivity contribution in [3.63, 3.8) is 0 Å². The van der Waals surface area contributed by atoms with Crippen molar-refractivity contribution in [2.75, 3.05) is 45.7 Å². The first-order chi connectivity index (χ1) is 13.5. The SMILES string of the molecule is CN(C)c1ccc(CCC(=O)N2C[C@@H]3CN(C)[C@@H](c4ccccc4)[C@@H]3C2)cc1. The van der Waals surface area contributed by atoms with Gasteiger partial charge in [-0.15, -0.1) is 0 Å². The lowest BCUT2D eigenvalue weighted by molar-refractivity contribution is -0.130. The van der Waals surface area contributed by atoms with E-state index in [1.165, 1.54) is 16.8 Å². The molecule has 4 heteroatoms. The molecular formula is C24H31N3O. The van der Waals surface area contributed by atoms with Crippen LogP contribution in [0.2, 0.25) is 0 Å². The van der Waals surface area contributed by atoms with Gasteiger partial charge in [-0.05, 0) is 42.6 Å². The van der Waals surface area contributed by atoms with E-state index in [0.29, 0.717) is 30.2 Å². The van der Waals surface area contributed by atoms with Crippen molar-refractivity contribution in [1.29, 1.82) is 0 Å². The first-order valence-electron chi connectivity index (χ1n) is 10.3. The number of benzene rings is 2. The predicted molar refractivity (Wildman–Crippen MR) is 114 cm³/mol. The Morgan fingerprint density at radius 1 is 1.00 bits per heavy atom. The Hall–Kier alpha value is -2.33. The molecule has 2 aromatic rings. The third-order valence-corrected chi connectivity index (χ3v) is 6.47. The Balaban J connectivity index is 1.35. The summed E-state index contributed by atoms with van der Waals surface area (Å²) >= 11 is 0. The van der Waals surface area contributed by atoms with Gasteiger partial charge >= 0.3 is 0 Å². The van der Waals surface area contributed by atoms with Crippen molar-refractivity contribution in [2.45, 2.75) is 18.9 Å². The highest BCUT2D eigenvalue weighted by molar-refractivity contribution is 5.77. The summed E-state index contributed by atoms with van der Waals surface area (Å²) in [7, 11) is 6.31. The Labute approximate surface area is 168 Å². The summed E-state index contributed by atoms with van der Waals surface area (Å²) in [6.45, 7) is 2.89. The average Bonchev–Trinajstić information content (AvgIpc) is 3.23. The highest BCUT2D eigenvalue weighted by atomic mass is 16.2. The molecule has 0 bridgehead atoms. The number of hydrogen-bond donors (Lipinski definition) is 0. The van der Waals surface area contributed by atoms with Crippen molar-refractivity contribution in [3.8, 4) is 0 Å². The van der Waals surface area contributed by atoms with Gasteiger partial charge in [-0.2, -0.15) is 0 Å². The summed E-state index contributed by atoms with van der Waals surface area (Å²) in [5.74, 6) is 1.45. The summed E-state index contributed by atoms with van der Waals surface area (Å²) in [5, 5.41) is 0. The van der Waals surface area contributed by atoms with Gasteiger partial charge in [-0.1, -0.05) is 42.5 Å². The number of carbonyl (C=O) groups is 1. The molecule has 2 aliphatic rings. The number of fused-ring (bicyclic) bond motifs is 1. The molecule has 2 aromatic carbocycles. The second-order valence-electron chi connectivity index (χ2n) is 8.58. The maximum absolute atomic E-state index is 12.9. The molecular weight excluding hydrogens is 346 g/mol. The molecule has 3 atom stereocenters. The Kier molecular flexibility index (Phi) is 5.40. The molecule has 2 heterocycles. The highest BCUT2D eigenvalue weighted by Crippen LogP contribution is 2.44. The quantitative estimate of drug-likeness (QED) is 0.799.